The van der Waals surface area contributed by atoms with Crippen molar-refractivity contribution in [2.75, 3.05) is 25.4 Å². The van der Waals surface area contributed by atoms with Gasteiger partial charge in [-0.2, -0.15) is 12.7 Å². The summed E-state index contributed by atoms with van der Waals surface area (Å²) in [5.41, 5.74) is 0.616. The Bertz CT molecular complexity index is 526. The molecule has 1 aromatic carbocycles. The summed E-state index contributed by atoms with van der Waals surface area (Å²) < 4.78 is 31.4. The molecule has 1 aromatic rings. The highest BCUT2D eigenvalue weighted by Crippen LogP contribution is 2.14. The number of nitrogens with one attached hydrogen (secondary N) is 1. The van der Waals surface area contributed by atoms with Crippen molar-refractivity contribution < 1.29 is 17.9 Å². The molecule has 0 bridgehead atoms. The van der Waals surface area contributed by atoms with Gasteiger partial charge >= 0.3 is 16.2 Å². The first-order valence-electron chi connectivity index (χ1n) is 5.34. The monoisotopic (exact) mass is 272 g/mol. The Kier molecular flexibility index (Phi) is 4.69. The fraction of sp³-hybridized carbons (Fsp3) is 0.364. The van der Waals surface area contributed by atoms with Crippen LogP contribution in [-0.4, -0.2) is 39.4 Å². The maximum absolute atomic E-state index is 11.6. The summed E-state index contributed by atoms with van der Waals surface area (Å²) in [5.74, 6) is -0.483. The van der Waals surface area contributed by atoms with Crippen LogP contribution in [0.4, 0.5) is 5.69 Å². The second-order valence-electron chi connectivity index (χ2n) is 3.69. The smallest absolute Gasteiger partial charge is 0.338 e. The molecule has 7 heteroatoms. The molecule has 0 atom stereocenters. The van der Waals surface area contributed by atoms with Crippen LogP contribution in [0.2, 0.25) is 0 Å². The van der Waals surface area contributed by atoms with Gasteiger partial charge in [0.05, 0.1) is 17.9 Å². The van der Waals surface area contributed by atoms with Gasteiger partial charge in [-0.3, -0.25) is 4.72 Å². The van der Waals surface area contributed by atoms with Crippen LogP contribution in [0.3, 0.4) is 0 Å². The van der Waals surface area contributed by atoms with Gasteiger partial charge in [0.25, 0.3) is 0 Å². The SMILES string of the molecule is CCOC(=O)c1cccc(NS(=O)(=O)N(C)C)c1. The van der Waals surface area contributed by atoms with Crippen LogP contribution in [0.5, 0.6) is 0 Å². The molecule has 0 heterocycles. The number of anilines is 1. The fourth-order valence-corrected chi connectivity index (χ4v) is 1.77. The van der Waals surface area contributed by atoms with Gasteiger partial charge in [0.1, 0.15) is 0 Å². The molecule has 0 amide bonds. The van der Waals surface area contributed by atoms with Gasteiger partial charge in [0.15, 0.2) is 0 Å². The van der Waals surface area contributed by atoms with Crippen LogP contribution in [0.1, 0.15) is 17.3 Å². The van der Waals surface area contributed by atoms with E-state index in [1.807, 2.05) is 0 Å². The lowest BCUT2D eigenvalue weighted by Gasteiger charge is -2.13. The average molecular weight is 272 g/mol. The summed E-state index contributed by atoms with van der Waals surface area (Å²) in [7, 11) is -0.746. The topological polar surface area (TPSA) is 75.7 Å². The minimum Gasteiger partial charge on any atom is -0.462 e. The molecule has 0 radical (unpaired) electrons. The maximum Gasteiger partial charge on any atom is 0.338 e. The van der Waals surface area contributed by atoms with E-state index in [2.05, 4.69) is 4.72 Å². The molecule has 0 aromatic heterocycles. The van der Waals surface area contributed by atoms with Gasteiger partial charge in [0, 0.05) is 14.1 Å². The molecule has 18 heavy (non-hydrogen) atoms. The van der Waals surface area contributed by atoms with Crippen LogP contribution < -0.4 is 4.72 Å². The zero-order valence-corrected chi connectivity index (χ0v) is 11.3. The van der Waals surface area contributed by atoms with E-state index in [1.54, 1.807) is 25.1 Å². The van der Waals surface area contributed by atoms with Crippen molar-refractivity contribution in [2.24, 2.45) is 0 Å². The molecule has 0 aliphatic rings. The fourth-order valence-electron chi connectivity index (χ4n) is 1.16. The van der Waals surface area contributed by atoms with Crippen LogP contribution in [-0.2, 0) is 14.9 Å². The third-order valence-electron chi connectivity index (χ3n) is 2.10. The summed E-state index contributed by atoms with van der Waals surface area (Å²) in [6.07, 6.45) is 0. The zero-order valence-electron chi connectivity index (χ0n) is 10.5. The number of ether oxygens (including phenoxy) is 1. The Morgan fingerprint density at radius 3 is 2.61 bits per heavy atom. The minimum atomic E-state index is -3.57. The average Bonchev–Trinajstić information content (AvgIpc) is 2.29. The maximum atomic E-state index is 11.6. The Hall–Kier alpha value is -1.60. The minimum absolute atomic E-state index is 0.270. The summed E-state index contributed by atoms with van der Waals surface area (Å²) in [4.78, 5) is 11.5. The summed E-state index contributed by atoms with van der Waals surface area (Å²) in [6, 6.07) is 6.13. The first-order valence-corrected chi connectivity index (χ1v) is 6.78. The Labute approximate surface area is 107 Å². The number of carbonyl (C=O) groups is 1. The number of esters is 1. The van der Waals surface area contributed by atoms with E-state index < -0.39 is 16.2 Å². The lowest BCUT2D eigenvalue weighted by Crippen LogP contribution is -2.29. The molecular weight excluding hydrogens is 256 g/mol. The van der Waals surface area contributed by atoms with E-state index in [0.717, 1.165) is 4.31 Å². The molecule has 100 valence electrons. The van der Waals surface area contributed by atoms with Crippen molar-refractivity contribution in [1.29, 1.82) is 0 Å². The van der Waals surface area contributed by atoms with Crippen LogP contribution >= 0.6 is 0 Å². The van der Waals surface area contributed by atoms with E-state index >= 15 is 0 Å². The highest BCUT2D eigenvalue weighted by atomic mass is 32.2. The molecule has 0 saturated heterocycles. The lowest BCUT2D eigenvalue weighted by atomic mass is 10.2. The number of carbonyl (C=O) groups excluding carboxylic acids is 1. The Morgan fingerprint density at radius 2 is 2.06 bits per heavy atom. The van der Waals surface area contributed by atoms with Crippen molar-refractivity contribution in [3.63, 3.8) is 0 Å². The van der Waals surface area contributed by atoms with Crippen molar-refractivity contribution in [3.8, 4) is 0 Å². The first-order chi connectivity index (χ1) is 8.36. The van der Waals surface area contributed by atoms with Gasteiger partial charge in [0.2, 0.25) is 0 Å². The highest BCUT2D eigenvalue weighted by Gasteiger charge is 2.14. The first kappa shape index (κ1) is 14.5. The molecule has 6 nitrogen and oxygen atoms in total. The standard InChI is InChI=1S/C11H16N2O4S/c1-4-17-11(14)9-6-5-7-10(8-9)12-18(15,16)13(2)3/h5-8,12H,4H2,1-3H3. The molecule has 0 saturated carbocycles. The quantitative estimate of drug-likeness (QED) is 0.814. The van der Waals surface area contributed by atoms with E-state index in [9.17, 15) is 13.2 Å². The number of hydrogen-bond acceptors (Lipinski definition) is 4. The summed E-state index contributed by atoms with van der Waals surface area (Å²) in [5, 5.41) is 0. The van der Waals surface area contributed by atoms with Gasteiger partial charge < -0.3 is 4.74 Å². The molecule has 0 aliphatic heterocycles. The van der Waals surface area contributed by atoms with Crippen molar-refractivity contribution >= 4 is 21.9 Å². The summed E-state index contributed by atoms with van der Waals surface area (Å²) in [6.45, 7) is 1.98. The van der Waals surface area contributed by atoms with Gasteiger partial charge in [-0.1, -0.05) is 6.07 Å². The highest BCUT2D eigenvalue weighted by molar-refractivity contribution is 7.90. The molecule has 0 fully saturated rings. The number of rotatable bonds is 5. The van der Waals surface area contributed by atoms with Crippen LogP contribution in [0.25, 0.3) is 0 Å². The van der Waals surface area contributed by atoms with Gasteiger partial charge in [-0.05, 0) is 25.1 Å². The molecular formula is C11H16N2O4S. The summed E-state index contributed by atoms with van der Waals surface area (Å²) >= 11 is 0. The predicted molar refractivity (Wildman–Crippen MR) is 68.6 cm³/mol. The third kappa shape index (κ3) is 3.71. The normalized spacial score (nSPS) is 11.3. The molecule has 0 unspecified atom stereocenters. The van der Waals surface area contributed by atoms with E-state index in [0.29, 0.717) is 11.3 Å². The van der Waals surface area contributed by atoms with Crippen molar-refractivity contribution in [3.05, 3.63) is 29.8 Å². The number of benzene rings is 1. The second-order valence-corrected chi connectivity index (χ2v) is 5.58. The molecule has 1 rings (SSSR count). The Balaban J connectivity index is 2.93. The van der Waals surface area contributed by atoms with Crippen molar-refractivity contribution in [1.82, 2.24) is 4.31 Å². The van der Waals surface area contributed by atoms with Crippen LogP contribution in [0.15, 0.2) is 24.3 Å². The van der Waals surface area contributed by atoms with Gasteiger partial charge in [-0.25, -0.2) is 4.79 Å². The lowest BCUT2D eigenvalue weighted by molar-refractivity contribution is 0.0526. The number of hydrogen-bond donors (Lipinski definition) is 1. The van der Waals surface area contributed by atoms with Gasteiger partial charge in [-0.15, -0.1) is 0 Å². The van der Waals surface area contributed by atoms with E-state index in [1.165, 1.54) is 20.2 Å². The second kappa shape index (κ2) is 5.83. The number of nitrogens with zero attached hydrogens (tertiary/aromatic N) is 1. The molecule has 0 spiro atoms. The molecule has 0 aliphatic carbocycles. The largest absolute Gasteiger partial charge is 0.462 e. The Morgan fingerprint density at radius 1 is 1.39 bits per heavy atom. The molecule has 1 N–H and O–H groups in total. The van der Waals surface area contributed by atoms with E-state index in [-0.39, 0.29) is 6.61 Å². The van der Waals surface area contributed by atoms with E-state index in [4.69, 9.17) is 4.74 Å². The zero-order chi connectivity index (χ0) is 13.8. The van der Waals surface area contributed by atoms with Crippen molar-refractivity contribution in [2.45, 2.75) is 6.92 Å². The predicted octanol–water partition coefficient (Wildman–Crippen LogP) is 1.08. The van der Waals surface area contributed by atoms with Crippen LogP contribution in [0, 0.1) is 0 Å². The third-order valence-corrected chi connectivity index (χ3v) is 3.56.